The standard InChI is InChI=1S/C12H20N4O3/c1-2-3-10(8-11(17)18)15-12(19)14-5-7-16-6-4-13-9-16/h4,6,9-10H,2-3,5,7-8H2,1H3,(H,17,18)(H2,14,15,19). The van der Waals surface area contributed by atoms with Gasteiger partial charge in [-0.15, -0.1) is 0 Å². The minimum atomic E-state index is -0.905. The van der Waals surface area contributed by atoms with Crippen LogP contribution in [0.5, 0.6) is 0 Å². The Kier molecular flexibility index (Phi) is 6.42. The Bertz CT molecular complexity index is 392. The zero-order valence-electron chi connectivity index (χ0n) is 11.0. The highest BCUT2D eigenvalue weighted by atomic mass is 16.4. The molecule has 1 rings (SSSR count). The average Bonchev–Trinajstić information content (AvgIpc) is 2.81. The number of amides is 2. The maximum Gasteiger partial charge on any atom is 0.315 e. The van der Waals surface area contributed by atoms with Crippen molar-refractivity contribution in [3.63, 3.8) is 0 Å². The molecule has 7 heteroatoms. The van der Waals surface area contributed by atoms with Gasteiger partial charge in [0.2, 0.25) is 0 Å². The zero-order valence-corrected chi connectivity index (χ0v) is 11.0. The van der Waals surface area contributed by atoms with Crippen molar-refractivity contribution in [1.29, 1.82) is 0 Å². The smallest absolute Gasteiger partial charge is 0.315 e. The van der Waals surface area contributed by atoms with E-state index in [2.05, 4.69) is 15.6 Å². The Hall–Kier alpha value is -2.05. The summed E-state index contributed by atoms with van der Waals surface area (Å²) in [6, 6.07) is -0.657. The van der Waals surface area contributed by atoms with Gasteiger partial charge in [-0.1, -0.05) is 13.3 Å². The molecule has 1 unspecified atom stereocenters. The van der Waals surface area contributed by atoms with E-state index in [0.717, 1.165) is 6.42 Å². The van der Waals surface area contributed by atoms with Gasteiger partial charge in [-0.05, 0) is 6.42 Å². The molecule has 7 nitrogen and oxygen atoms in total. The Morgan fingerprint density at radius 1 is 1.47 bits per heavy atom. The van der Waals surface area contributed by atoms with Gasteiger partial charge in [-0.2, -0.15) is 0 Å². The number of imidazole rings is 1. The molecule has 0 saturated carbocycles. The first-order valence-electron chi connectivity index (χ1n) is 6.33. The van der Waals surface area contributed by atoms with E-state index in [1.165, 1.54) is 0 Å². The van der Waals surface area contributed by atoms with Crippen molar-refractivity contribution in [2.45, 2.75) is 38.8 Å². The number of aromatic nitrogens is 2. The maximum absolute atomic E-state index is 11.6. The van der Waals surface area contributed by atoms with Crippen molar-refractivity contribution in [2.24, 2.45) is 0 Å². The van der Waals surface area contributed by atoms with Crippen LogP contribution in [0, 0.1) is 0 Å². The van der Waals surface area contributed by atoms with Gasteiger partial charge in [0.05, 0.1) is 12.7 Å². The fraction of sp³-hybridized carbons (Fsp3) is 0.583. The van der Waals surface area contributed by atoms with Crippen LogP contribution in [0.15, 0.2) is 18.7 Å². The van der Waals surface area contributed by atoms with Crippen LogP contribution in [0.3, 0.4) is 0 Å². The highest BCUT2D eigenvalue weighted by Gasteiger charge is 2.14. The number of urea groups is 1. The second kappa shape index (κ2) is 8.12. The van der Waals surface area contributed by atoms with E-state index >= 15 is 0 Å². The molecule has 0 aromatic carbocycles. The lowest BCUT2D eigenvalue weighted by Crippen LogP contribution is -2.43. The van der Waals surface area contributed by atoms with E-state index in [-0.39, 0.29) is 18.5 Å². The van der Waals surface area contributed by atoms with E-state index in [1.54, 1.807) is 12.5 Å². The minimum Gasteiger partial charge on any atom is -0.481 e. The van der Waals surface area contributed by atoms with Crippen molar-refractivity contribution in [1.82, 2.24) is 20.2 Å². The van der Waals surface area contributed by atoms with Gasteiger partial charge in [-0.3, -0.25) is 4.79 Å². The highest BCUT2D eigenvalue weighted by Crippen LogP contribution is 2.01. The Labute approximate surface area is 112 Å². The summed E-state index contributed by atoms with van der Waals surface area (Å²) in [4.78, 5) is 26.1. The van der Waals surface area contributed by atoms with Gasteiger partial charge in [0.15, 0.2) is 0 Å². The summed E-state index contributed by atoms with van der Waals surface area (Å²) in [6.45, 7) is 3.05. The summed E-state index contributed by atoms with van der Waals surface area (Å²) in [7, 11) is 0. The fourth-order valence-electron chi connectivity index (χ4n) is 1.74. The second-order valence-corrected chi connectivity index (χ2v) is 4.28. The van der Waals surface area contributed by atoms with Gasteiger partial charge in [0, 0.05) is 31.5 Å². The molecule has 0 spiro atoms. The molecule has 106 valence electrons. The quantitative estimate of drug-likeness (QED) is 0.650. The molecule has 0 aliphatic heterocycles. The summed E-state index contributed by atoms with van der Waals surface area (Å²) >= 11 is 0. The van der Waals surface area contributed by atoms with Crippen LogP contribution >= 0.6 is 0 Å². The molecule has 0 saturated heterocycles. The molecule has 1 heterocycles. The van der Waals surface area contributed by atoms with Crippen LogP contribution in [0.2, 0.25) is 0 Å². The Morgan fingerprint density at radius 2 is 2.26 bits per heavy atom. The molecule has 0 aliphatic carbocycles. The number of carbonyl (C=O) groups excluding carboxylic acids is 1. The van der Waals surface area contributed by atoms with Crippen LogP contribution < -0.4 is 10.6 Å². The maximum atomic E-state index is 11.6. The van der Waals surface area contributed by atoms with Gasteiger partial charge in [0.25, 0.3) is 0 Å². The van der Waals surface area contributed by atoms with E-state index in [0.29, 0.717) is 19.5 Å². The van der Waals surface area contributed by atoms with E-state index < -0.39 is 5.97 Å². The lowest BCUT2D eigenvalue weighted by Gasteiger charge is -2.16. The largest absolute Gasteiger partial charge is 0.481 e. The third kappa shape index (κ3) is 6.44. The van der Waals surface area contributed by atoms with Gasteiger partial charge in [-0.25, -0.2) is 9.78 Å². The van der Waals surface area contributed by atoms with Crippen molar-refractivity contribution in [2.75, 3.05) is 6.54 Å². The number of carbonyl (C=O) groups is 2. The summed E-state index contributed by atoms with van der Waals surface area (Å²) in [5.41, 5.74) is 0. The van der Waals surface area contributed by atoms with E-state index in [4.69, 9.17) is 5.11 Å². The first-order chi connectivity index (χ1) is 9.11. The molecule has 3 N–H and O–H groups in total. The fourth-order valence-corrected chi connectivity index (χ4v) is 1.74. The average molecular weight is 268 g/mol. The molecule has 1 aromatic heterocycles. The lowest BCUT2D eigenvalue weighted by atomic mass is 10.1. The third-order valence-electron chi connectivity index (χ3n) is 2.61. The van der Waals surface area contributed by atoms with Crippen molar-refractivity contribution >= 4 is 12.0 Å². The van der Waals surface area contributed by atoms with Crippen molar-refractivity contribution in [3.05, 3.63) is 18.7 Å². The second-order valence-electron chi connectivity index (χ2n) is 4.28. The van der Waals surface area contributed by atoms with Crippen LogP contribution in [0.4, 0.5) is 4.79 Å². The molecule has 1 aromatic rings. The molecule has 0 bridgehead atoms. The third-order valence-corrected chi connectivity index (χ3v) is 2.61. The van der Waals surface area contributed by atoms with Gasteiger partial charge >= 0.3 is 12.0 Å². The number of rotatable bonds is 8. The SMILES string of the molecule is CCCC(CC(=O)O)NC(=O)NCCn1ccnc1. The molecule has 0 fully saturated rings. The van der Waals surface area contributed by atoms with Crippen molar-refractivity contribution < 1.29 is 14.7 Å². The number of carboxylic acid groups (broad SMARTS) is 1. The first kappa shape index (κ1) is 15.0. The number of carboxylic acids is 1. The number of hydrogen-bond acceptors (Lipinski definition) is 3. The van der Waals surface area contributed by atoms with Crippen LogP contribution in [0.1, 0.15) is 26.2 Å². The first-order valence-corrected chi connectivity index (χ1v) is 6.33. The Morgan fingerprint density at radius 3 is 2.84 bits per heavy atom. The molecular formula is C12H20N4O3. The summed E-state index contributed by atoms with van der Waals surface area (Å²) in [5.74, 6) is -0.905. The van der Waals surface area contributed by atoms with Gasteiger partial charge < -0.3 is 20.3 Å². The monoisotopic (exact) mass is 268 g/mol. The van der Waals surface area contributed by atoms with Crippen LogP contribution in [0.25, 0.3) is 0 Å². The highest BCUT2D eigenvalue weighted by molar-refractivity contribution is 5.75. The van der Waals surface area contributed by atoms with Crippen LogP contribution in [-0.2, 0) is 11.3 Å². The molecule has 0 radical (unpaired) electrons. The lowest BCUT2D eigenvalue weighted by molar-refractivity contribution is -0.137. The van der Waals surface area contributed by atoms with Crippen molar-refractivity contribution in [3.8, 4) is 0 Å². The predicted molar refractivity (Wildman–Crippen MR) is 69.7 cm³/mol. The minimum absolute atomic E-state index is 0.0528. The topological polar surface area (TPSA) is 96.3 Å². The molecule has 2 amide bonds. The number of aliphatic carboxylic acids is 1. The van der Waals surface area contributed by atoms with Gasteiger partial charge in [0.1, 0.15) is 0 Å². The van der Waals surface area contributed by atoms with Crippen LogP contribution in [-0.4, -0.2) is 39.2 Å². The van der Waals surface area contributed by atoms with E-state index in [9.17, 15) is 9.59 Å². The summed E-state index contributed by atoms with van der Waals surface area (Å²) < 4.78 is 1.85. The number of nitrogens with zero attached hydrogens (tertiary/aromatic N) is 2. The van der Waals surface area contributed by atoms with E-state index in [1.807, 2.05) is 17.7 Å². The molecule has 19 heavy (non-hydrogen) atoms. The number of nitrogens with one attached hydrogen (secondary N) is 2. The molecular weight excluding hydrogens is 248 g/mol. The normalized spacial score (nSPS) is 11.8. The summed E-state index contributed by atoms with van der Waals surface area (Å²) in [5, 5.41) is 14.1. The molecule has 0 aliphatic rings. The molecule has 1 atom stereocenters. The number of hydrogen-bond donors (Lipinski definition) is 3. The zero-order chi connectivity index (χ0) is 14.1. The Balaban J connectivity index is 2.25. The predicted octanol–water partition coefficient (Wildman–Crippen LogP) is 0.826. The summed E-state index contributed by atoms with van der Waals surface area (Å²) in [6.07, 6.45) is 6.58.